The van der Waals surface area contributed by atoms with Crippen LogP contribution in [0.15, 0.2) is 30.3 Å². The van der Waals surface area contributed by atoms with Crippen molar-refractivity contribution in [2.75, 3.05) is 37.5 Å². The molecule has 150 valence electrons. The fourth-order valence-corrected chi connectivity index (χ4v) is 3.49. The Morgan fingerprint density at radius 1 is 1.39 bits per heavy atom. The van der Waals surface area contributed by atoms with Gasteiger partial charge >= 0.3 is 0 Å². The predicted octanol–water partition coefficient (Wildman–Crippen LogP) is 2.18. The van der Waals surface area contributed by atoms with Gasteiger partial charge < -0.3 is 26.0 Å². The average Bonchev–Trinajstić information content (AvgIpc) is 2.68. The predicted molar refractivity (Wildman–Crippen MR) is 108 cm³/mol. The number of likely N-dealkylation sites (N-methyl/N-ethyl adjacent to an activating group) is 2. The minimum absolute atomic E-state index is 0.00648. The fourth-order valence-electron chi connectivity index (χ4n) is 3.49. The lowest BCUT2D eigenvalue weighted by atomic mass is 10.0. The standard InChI is InChI=1S/C20H26FN5O2/c1-12-5-4-6-13(9-12)24-19-14(18(22)27)10-15(21)20(25-19)26(3)17-7-8-28-11-16(17)23-2/h4-6,9-10,16-17,23H,7-8,11H2,1-3H3,(H2,22,27)(H,24,25). The van der Waals surface area contributed by atoms with Crippen molar-refractivity contribution in [2.24, 2.45) is 5.73 Å². The number of carbonyl (C=O) groups excluding carboxylic acids is 1. The van der Waals surface area contributed by atoms with Gasteiger partial charge in [-0.1, -0.05) is 12.1 Å². The number of nitrogens with one attached hydrogen (secondary N) is 2. The molecule has 0 radical (unpaired) electrons. The maximum atomic E-state index is 14.8. The van der Waals surface area contributed by atoms with Gasteiger partial charge in [-0.3, -0.25) is 4.79 Å². The highest BCUT2D eigenvalue weighted by Gasteiger charge is 2.30. The van der Waals surface area contributed by atoms with Crippen LogP contribution in [0.25, 0.3) is 0 Å². The molecule has 1 aliphatic heterocycles. The highest BCUT2D eigenvalue weighted by molar-refractivity contribution is 5.98. The molecule has 0 bridgehead atoms. The number of aromatic nitrogens is 1. The number of pyridine rings is 1. The molecular weight excluding hydrogens is 361 g/mol. The molecular formula is C20H26FN5O2. The highest BCUT2D eigenvalue weighted by atomic mass is 19.1. The summed E-state index contributed by atoms with van der Waals surface area (Å²) in [6.45, 7) is 3.10. The number of nitrogens with zero attached hydrogens (tertiary/aromatic N) is 2. The molecule has 8 heteroatoms. The van der Waals surface area contributed by atoms with Crippen molar-refractivity contribution in [3.05, 3.63) is 47.3 Å². The van der Waals surface area contributed by atoms with Gasteiger partial charge in [-0.2, -0.15) is 0 Å². The Morgan fingerprint density at radius 2 is 2.18 bits per heavy atom. The SMILES string of the molecule is CNC1COCCC1N(C)c1nc(Nc2cccc(C)c2)c(C(N)=O)cc1F. The molecule has 1 fully saturated rings. The molecule has 2 atom stereocenters. The zero-order chi connectivity index (χ0) is 20.3. The summed E-state index contributed by atoms with van der Waals surface area (Å²) in [6.07, 6.45) is 0.737. The van der Waals surface area contributed by atoms with Crippen molar-refractivity contribution >= 4 is 23.2 Å². The number of amides is 1. The van der Waals surface area contributed by atoms with Crippen LogP contribution in [0.3, 0.4) is 0 Å². The first-order valence-electron chi connectivity index (χ1n) is 9.22. The van der Waals surface area contributed by atoms with E-state index in [-0.39, 0.29) is 29.3 Å². The van der Waals surface area contributed by atoms with E-state index in [0.717, 1.165) is 23.7 Å². The number of benzene rings is 1. The van der Waals surface area contributed by atoms with Crippen LogP contribution in [-0.2, 0) is 4.74 Å². The third-order valence-corrected chi connectivity index (χ3v) is 5.03. The minimum Gasteiger partial charge on any atom is -0.380 e. The smallest absolute Gasteiger partial charge is 0.252 e. The summed E-state index contributed by atoms with van der Waals surface area (Å²) in [4.78, 5) is 18.1. The Kier molecular flexibility index (Phi) is 6.11. The van der Waals surface area contributed by atoms with Gasteiger partial charge in [0, 0.05) is 25.4 Å². The minimum atomic E-state index is -0.741. The summed E-state index contributed by atoms with van der Waals surface area (Å²) < 4.78 is 20.3. The largest absolute Gasteiger partial charge is 0.380 e. The number of halogens is 1. The van der Waals surface area contributed by atoms with Crippen LogP contribution >= 0.6 is 0 Å². The quantitative estimate of drug-likeness (QED) is 0.704. The monoisotopic (exact) mass is 387 g/mol. The number of rotatable bonds is 6. The van der Waals surface area contributed by atoms with E-state index in [0.29, 0.717) is 13.2 Å². The van der Waals surface area contributed by atoms with Gasteiger partial charge in [0.2, 0.25) is 0 Å². The van der Waals surface area contributed by atoms with E-state index < -0.39 is 11.7 Å². The molecule has 1 aliphatic rings. The summed E-state index contributed by atoms with van der Waals surface area (Å²) >= 11 is 0. The number of primary amides is 1. The summed E-state index contributed by atoms with van der Waals surface area (Å²) in [5.74, 6) is -0.941. The molecule has 2 unspecified atom stereocenters. The first kappa shape index (κ1) is 20.0. The van der Waals surface area contributed by atoms with Gasteiger partial charge in [0.15, 0.2) is 11.6 Å². The number of hydrogen-bond acceptors (Lipinski definition) is 6. The second-order valence-electron chi connectivity index (χ2n) is 6.99. The molecule has 4 N–H and O–H groups in total. The number of ether oxygens (including phenoxy) is 1. The van der Waals surface area contributed by atoms with Gasteiger partial charge in [-0.25, -0.2) is 9.37 Å². The van der Waals surface area contributed by atoms with E-state index in [1.807, 2.05) is 38.2 Å². The Morgan fingerprint density at radius 3 is 2.86 bits per heavy atom. The molecule has 28 heavy (non-hydrogen) atoms. The molecule has 1 aromatic heterocycles. The van der Waals surface area contributed by atoms with E-state index in [9.17, 15) is 9.18 Å². The number of hydrogen-bond donors (Lipinski definition) is 3. The lowest BCUT2D eigenvalue weighted by Gasteiger charge is -2.38. The van der Waals surface area contributed by atoms with Crippen LogP contribution in [0.1, 0.15) is 22.3 Å². The fraction of sp³-hybridized carbons (Fsp3) is 0.400. The van der Waals surface area contributed by atoms with E-state index in [4.69, 9.17) is 10.5 Å². The number of anilines is 3. The summed E-state index contributed by atoms with van der Waals surface area (Å²) in [5.41, 5.74) is 7.25. The van der Waals surface area contributed by atoms with Crippen LogP contribution in [-0.4, -0.2) is 50.3 Å². The molecule has 1 aromatic carbocycles. The van der Waals surface area contributed by atoms with Gasteiger partial charge in [-0.15, -0.1) is 0 Å². The van der Waals surface area contributed by atoms with E-state index in [1.165, 1.54) is 0 Å². The Labute approximate surface area is 164 Å². The van der Waals surface area contributed by atoms with E-state index >= 15 is 0 Å². The molecule has 0 spiro atoms. The molecule has 3 rings (SSSR count). The maximum Gasteiger partial charge on any atom is 0.252 e. The second kappa shape index (κ2) is 8.53. The van der Waals surface area contributed by atoms with Gasteiger partial charge in [0.05, 0.1) is 18.2 Å². The Balaban J connectivity index is 1.98. The molecule has 0 saturated carbocycles. The maximum absolute atomic E-state index is 14.8. The molecule has 1 saturated heterocycles. The lowest BCUT2D eigenvalue weighted by Crippen LogP contribution is -2.53. The lowest BCUT2D eigenvalue weighted by molar-refractivity contribution is 0.0600. The average molecular weight is 387 g/mol. The summed E-state index contributed by atoms with van der Waals surface area (Å²) in [5, 5.41) is 6.31. The normalized spacial score (nSPS) is 19.3. The van der Waals surface area contributed by atoms with Crippen LogP contribution in [0.4, 0.5) is 21.7 Å². The Hall–Kier alpha value is -2.71. The van der Waals surface area contributed by atoms with Crippen LogP contribution in [0, 0.1) is 12.7 Å². The van der Waals surface area contributed by atoms with Crippen molar-refractivity contribution in [3.8, 4) is 0 Å². The van der Waals surface area contributed by atoms with Crippen LogP contribution < -0.4 is 21.3 Å². The van der Waals surface area contributed by atoms with Crippen molar-refractivity contribution in [1.82, 2.24) is 10.3 Å². The zero-order valence-electron chi connectivity index (χ0n) is 16.3. The topological polar surface area (TPSA) is 92.5 Å². The van der Waals surface area contributed by atoms with Crippen molar-refractivity contribution in [1.29, 1.82) is 0 Å². The number of carbonyl (C=O) groups is 1. The highest BCUT2D eigenvalue weighted by Crippen LogP contribution is 2.28. The second-order valence-corrected chi connectivity index (χ2v) is 6.99. The third-order valence-electron chi connectivity index (χ3n) is 5.03. The van der Waals surface area contributed by atoms with E-state index in [1.54, 1.807) is 11.9 Å². The first-order valence-corrected chi connectivity index (χ1v) is 9.22. The third kappa shape index (κ3) is 4.23. The molecule has 2 heterocycles. The van der Waals surface area contributed by atoms with Gasteiger partial charge in [0.1, 0.15) is 5.82 Å². The molecule has 2 aromatic rings. The van der Waals surface area contributed by atoms with Crippen molar-refractivity contribution in [3.63, 3.8) is 0 Å². The van der Waals surface area contributed by atoms with Crippen LogP contribution in [0.2, 0.25) is 0 Å². The van der Waals surface area contributed by atoms with E-state index in [2.05, 4.69) is 15.6 Å². The first-order chi connectivity index (χ1) is 13.4. The molecule has 7 nitrogen and oxygen atoms in total. The van der Waals surface area contributed by atoms with Gasteiger partial charge in [-0.05, 0) is 44.2 Å². The molecule has 1 amide bonds. The summed E-state index contributed by atoms with van der Waals surface area (Å²) in [7, 11) is 3.65. The zero-order valence-corrected chi connectivity index (χ0v) is 16.3. The number of nitrogens with two attached hydrogens (primary N) is 1. The summed E-state index contributed by atoms with van der Waals surface area (Å²) in [6, 6.07) is 8.80. The van der Waals surface area contributed by atoms with Crippen molar-refractivity contribution in [2.45, 2.75) is 25.4 Å². The van der Waals surface area contributed by atoms with Crippen LogP contribution in [0.5, 0.6) is 0 Å². The Bertz CT molecular complexity index is 860. The van der Waals surface area contributed by atoms with Gasteiger partial charge in [0.25, 0.3) is 5.91 Å². The number of aryl methyl sites for hydroxylation is 1. The molecule has 0 aliphatic carbocycles. The van der Waals surface area contributed by atoms with Crippen molar-refractivity contribution < 1.29 is 13.9 Å².